The first-order chi connectivity index (χ1) is 13.7. The van der Waals surface area contributed by atoms with Crippen molar-refractivity contribution in [2.24, 2.45) is 0 Å². The molecule has 0 amide bonds. The summed E-state index contributed by atoms with van der Waals surface area (Å²) in [5, 5.41) is 4.37. The zero-order valence-corrected chi connectivity index (χ0v) is 16.7. The Morgan fingerprint density at radius 2 is 2.18 bits per heavy atom. The molecule has 1 aliphatic carbocycles. The highest BCUT2D eigenvalue weighted by atomic mass is 32.1. The number of benzene rings is 1. The zero-order chi connectivity index (χ0) is 19.5. The normalized spacial score (nSPS) is 16.4. The lowest BCUT2D eigenvalue weighted by molar-refractivity contribution is 0.190. The van der Waals surface area contributed by atoms with Crippen LogP contribution in [-0.2, 0) is 30.7 Å². The van der Waals surface area contributed by atoms with Crippen molar-refractivity contribution in [1.29, 1.82) is 0 Å². The molecular formula is C21H24FN3O2S. The van der Waals surface area contributed by atoms with Crippen LogP contribution >= 0.6 is 11.3 Å². The van der Waals surface area contributed by atoms with Crippen LogP contribution in [0.25, 0.3) is 10.2 Å². The number of aromatic nitrogens is 2. The van der Waals surface area contributed by atoms with Gasteiger partial charge in [-0.05, 0) is 48.9 Å². The van der Waals surface area contributed by atoms with E-state index in [2.05, 4.69) is 10.3 Å². The number of ether oxygens (including phenoxy) is 1. The summed E-state index contributed by atoms with van der Waals surface area (Å²) in [6.07, 6.45) is 5.23. The van der Waals surface area contributed by atoms with Gasteiger partial charge in [-0.3, -0.25) is 9.36 Å². The molecule has 1 aliphatic rings. The summed E-state index contributed by atoms with van der Waals surface area (Å²) in [7, 11) is 1.67. The van der Waals surface area contributed by atoms with Gasteiger partial charge in [-0.15, -0.1) is 11.3 Å². The number of fused-ring (bicyclic) bond motifs is 3. The largest absolute Gasteiger partial charge is 0.385 e. The molecule has 4 rings (SSSR count). The van der Waals surface area contributed by atoms with Gasteiger partial charge < -0.3 is 10.1 Å². The van der Waals surface area contributed by atoms with Gasteiger partial charge in [0.15, 0.2) is 0 Å². The molecule has 28 heavy (non-hydrogen) atoms. The minimum absolute atomic E-state index is 0.0660. The Kier molecular flexibility index (Phi) is 5.85. The van der Waals surface area contributed by atoms with Crippen LogP contribution in [0.3, 0.4) is 0 Å². The predicted molar refractivity (Wildman–Crippen MR) is 109 cm³/mol. The Balaban J connectivity index is 1.48. The van der Waals surface area contributed by atoms with Crippen LogP contribution in [0.2, 0.25) is 0 Å². The summed E-state index contributed by atoms with van der Waals surface area (Å²) in [5.41, 5.74) is 2.32. The van der Waals surface area contributed by atoms with E-state index in [1.807, 2.05) is 12.1 Å². The predicted octanol–water partition coefficient (Wildman–Crippen LogP) is 3.28. The third-order valence-electron chi connectivity index (χ3n) is 5.29. The van der Waals surface area contributed by atoms with Crippen molar-refractivity contribution in [2.45, 2.75) is 44.8 Å². The van der Waals surface area contributed by atoms with Crippen LogP contribution in [0.1, 0.15) is 28.8 Å². The van der Waals surface area contributed by atoms with E-state index in [0.29, 0.717) is 19.2 Å². The van der Waals surface area contributed by atoms with Gasteiger partial charge in [0.25, 0.3) is 5.56 Å². The molecule has 7 heteroatoms. The Morgan fingerprint density at radius 3 is 2.96 bits per heavy atom. The average molecular weight is 402 g/mol. The molecule has 2 aromatic heterocycles. The molecule has 0 fully saturated rings. The summed E-state index contributed by atoms with van der Waals surface area (Å²) in [6.45, 7) is 1.98. The molecule has 0 aliphatic heterocycles. The smallest absolute Gasteiger partial charge is 0.262 e. The number of rotatable bonds is 7. The number of methoxy groups -OCH3 is 1. The van der Waals surface area contributed by atoms with E-state index in [4.69, 9.17) is 4.74 Å². The number of hydrogen-bond donors (Lipinski definition) is 1. The second-order valence-corrected chi connectivity index (χ2v) is 8.30. The van der Waals surface area contributed by atoms with Gasteiger partial charge in [0, 0.05) is 37.7 Å². The fraction of sp³-hybridized carbons (Fsp3) is 0.429. The molecule has 0 saturated carbocycles. The number of halogens is 1. The molecule has 148 valence electrons. The minimum Gasteiger partial charge on any atom is -0.385 e. The SMILES string of the molecule is COCCCn1cnc2sc3c(c2c1=O)CCC(NCc1ccc(F)cc1)C3. The summed E-state index contributed by atoms with van der Waals surface area (Å²) in [6, 6.07) is 6.96. The molecule has 0 spiro atoms. The number of aryl methyl sites for hydroxylation is 2. The first kappa shape index (κ1) is 19.2. The van der Waals surface area contributed by atoms with E-state index in [9.17, 15) is 9.18 Å². The van der Waals surface area contributed by atoms with Crippen LogP contribution in [0.5, 0.6) is 0 Å². The highest BCUT2D eigenvalue weighted by molar-refractivity contribution is 7.18. The van der Waals surface area contributed by atoms with Gasteiger partial charge in [-0.25, -0.2) is 9.37 Å². The molecule has 2 heterocycles. The van der Waals surface area contributed by atoms with Gasteiger partial charge in [0.2, 0.25) is 0 Å². The van der Waals surface area contributed by atoms with Crippen molar-refractivity contribution in [2.75, 3.05) is 13.7 Å². The van der Waals surface area contributed by atoms with E-state index < -0.39 is 0 Å². The van der Waals surface area contributed by atoms with Gasteiger partial charge in [0.1, 0.15) is 10.6 Å². The number of nitrogens with zero attached hydrogens (tertiary/aromatic N) is 2. The van der Waals surface area contributed by atoms with Crippen molar-refractivity contribution in [3.8, 4) is 0 Å². The second kappa shape index (κ2) is 8.51. The van der Waals surface area contributed by atoms with Crippen molar-refractivity contribution in [3.05, 3.63) is 62.8 Å². The molecule has 5 nitrogen and oxygen atoms in total. The fourth-order valence-electron chi connectivity index (χ4n) is 3.78. The molecule has 0 saturated heterocycles. The number of hydrogen-bond acceptors (Lipinski definition) is 5. The van der Waals surface area contributed by atoms with Gasteiger partial charge >= 0.3 is 0 Å². The van der Waals surface area contributed by atoms with E-state index >= 15 is 0 Å². The molecule has 1 N–H and O–H groups in total. The minimum atomic E-state index is -0.211. The van der Waals surface area contributed by atoms with Crippen molar-refractivity contribution in [3.63, 3.8) is 0 Å². The number of thiophene rings is 1. The van der Waals surface area contributed by atoms with Crippen molar-refractivity contribution < 1.29 is 9.13 Å². The Hall–Kier alpha value is -2.09. The molecule has 0 bridgehead atoms. The van der Waals surface area contributed by atoms with Crippen LogP contribution in [-0.4, -0.2) is 29.3 Å². The topological polar surface area (TPSA) is 56.2 Å². The Labute approximate surface area is 167 Å². The lowest BCUT2D eigenvalue weighted by Crippen LogP contribution is -2.33. The average Bonchev–Trinajstić information content (AvgIpc) is 3.08. The lowest BCUT2D eigenvalue weighted by Gasteiger charge is -2.23. The highest BCUT2D eigenvalue weighted by Gasteiger charge is 2.25. The van der Waals surface area contributed by atoms with E-state index in [0.717, 1.165) is 48.0 Å². The summed E-state index contributed by atoms with van der Waals surface area (Å²) in [5.74, 6) is -0.211. The molecule has 1 aromatic carbocycles. The maximum atomic E-state index is 13.0. The second-order valence-electron chi connectivity index (χ2n) is 7.22. The van der Waals surface area contributed by atoms with Crippen LogP contribution in [0.4, 0.5) is 4.39 Å². The third kappa shape index (κ3) is 4.01. The highest BCUT2D eigenvalue weighted by Crippen LogP contribution is 2.33. The maximum absolute atomic E-state index is 13.0. The molecule has 3 aromatic rings. The van der Waals surface area contributed by atoms with Crippen molar-refractivity contribution >= 4 is 21.6 Å². The van der Waals surface area contributed by atoms with Gasteiger partial charge in [-0.2, -0.15) is 0 Å². The monoisotopic (exact) mass is 401 g/mol. The molecule has 1 atom stereocenters. The quantitative estimate of drug-likeness (QED) is 0.618. The van der Waals surface area contributed by atoms with Crippen LogP contribution < -0.4 is 10.9 Å². The maximum Gasteiger partial charge on any atom is 0.262 e. The molecule has 0 radical (unpaired) electrons. The third-order valence-corrected chi connectivity index (χ3v) is 6.45. The first-order valence-corrected chi connectivity index (χ1v) is 10.4. The molecule has 1 unspecified atom stereocenters. The van der Waals surface area contributed by atoms with E-state index in [-0.39, 0.29) is 11.4 Å². The zero-order valence-electron chi connectivity index (χ0n) is 15.9. The lowest BCUT2D eigenvalue weighted by atomic mass is 9.93. The molecular weight excluding hydrogens is 377 g/mol. The summed E-state index contributed by atoms with van der Waals surface area (Å²) >= 11 is 1.64. The van der Waals surface area contributed by atoms with Crippen LogP contribution in [0.15, 0.2) is 35.4 Å². The van der Waals surface area contributed by atoms with Crippen molar-refractivity contribution in [1.82, 2.24) is 14.9 Å². The first-order valence-electron chi connectivity index (χ1n) is 9.62. The van der Waals surface area contributed by atoms with Crippen LogP contribution in [0, 0.1) is 5.82 Å². The van der Waals surface area contributed by atoms with E-state index in [1.54, 1.807) is 29.3 Å². The standard InChI is InChI=1S/C21H24FN3O2S/c1-27-10-2-9-25-13-24-20-19(21(25)26)17-8-7-16(11-18(17)28-20)23-12-14-3-5-15(22)6-4-14/h3-6,13,16,23H,2,7-12H2,1H3. The van der Waals surface area contributed by atoms with Gasteiger partial charge in [-0.1, -0.05) is 12.1 Å². The van der Waals surface area contributed by atoms with E-state index in [1.165, 1.54) is 22.6 Å². The van der Waals surface area contributed by atoms with Gasteiger partial charge in [0.05, 0.1) is 11.7 Å². The Morgan fingerprint density at radius 1 is 1.36 bits per heavy atom. The fourth-order valence-corrected chi connectivity index (χ4v) is 5.04. The number of nitrogens with one attached hydrogen (secondary N) is 1. The summed E-state index contributed by atoms with van der Waals surface area (Å²) < 4.78 is 19.8. The summed E-state index contributed by atoms with van der Waals surface area (Å²) in [4.78, 5) is 19.6. The Bertz CT molecular complexity index is 1010.